The summed E-state index contributed by atoms with van der Waals surface area (Å²) in [4.78, 5) is 44.5. The number of ether oxygens (including phenoxy) is 3. The molecule has 0 spiro atoms. The van der Waals surface area contributed by atoms with E-state index in [-0.39, 0.29) is 25.4 Å². The molecule has 0 bridgehead atoms. The third kappa shape index (κ3) is 6.17. The van der Waals surface area contributed by atoms with E-state index in [4.69, 9.17) is 19.2 Å². The molecule has 2 aromatic heterocycles. The van der Waals surface area contributed by atoms with E-state index in [1.807, 2.05) is 31.2 Å². The Bertz CT molecular complexity index is 1520. The van der Waals surface area contributed by atoms with Crippen LogP contribution in [0, 0.1) is 12.8 Å². The van der Waals surface area contributed by atoms with E-state index in [2.05, 4.69) is 10.4 Å². The minimum absolute atomic E-state index is 0.00119. The van der Waals surface area contributed by atoms with Crippen LogP contribution < -0.4 is 14.8 Å². The van der Waals surface area contributed by atoms with E-state index in [0.29, 0.717) is 34.8 Å². The van der Waals surface area contributed by atoms with Crippen molar-refractivity contribution in [2.45, 2.75) is 50.7 Å². The monoisotopic (exact) mass is 577 g/mol. The van der Waals surface area contributed by atoms with Crippen LogP contribution in [0.25, 0.3) is 16.7 Å². The number of pyridine rings is 1. The van der Waals surface area contributed by atoms with Crippen LogP contribution in [-0.2, 0) is 14.3 Å². The number of aliphatic carboxylic acids is 1. The lowest BCUT2D eigenvalue weighted by Gasteiger charge is -2.24. The van der Waals surface area contributed by atoms with Gasteiger partial charge in [-0.25, -0.2) is 19.3 Å². The van der Waals surface area contributed by atoms with Gasteiger partial charge in [0.15, 0.2) is 11.9 Å². The molecule has 2 aliphatic rings. The van der Waals surface area contributed by atoms with E-state index in [9.17, 15) is 19.5 Å². The molecule has 3 atom stereocenters. The summed E-state index contributed by atoms with van der Waals surface area (Å²) in [6.45, 7) is 2.35. The number of aromatic nitrogens is 3. The average molecular weight is 578 g/mol. The number of hydrogen-bond acceptors (Lipinski definition) is 8. The summed E-state index contributed by atoms with van der Waals surface area (Å²) in [5.74, 6) is -0.461. The second kappa shape index (κ2) is 12.1. The molecule has 0 saturated heterocycles. The number of benzene rings is 1. The minimum Gasteiger partial charge on any atom is -0.497 e. The maximum absolute atomic E-state index is 13.4. The number of cyclic esters (lactones) is 1. The van der Waals surface area contributed by atoms with Gasteiger partial charge in [0.2, 0.25) is 0 Å². The van der Waals surface area contributed by atoms with E-state index in [1.54, 1.807) is 43.2 Å². The third-order valence-electron chi connectivity index (χ3n) is 7.63. The molecule has 5 rings (SSSR count). The Morgan fingerprint density at radius 1 is 1.24 bits per heavy atom. The molecule has 1 aliphatic heterocycles. The van der Waals surface area contributed by atoms with Crippen LogP contribution in [0.1, 0.15) is 37.8 Å². The van der Waals surface area contributed by atoms with Crippen LogP contribution in [0.5, 0.6) is 11.5 Å². The smallest absolute Gasteiger partial charge is 0.410 e. The Hall–Kier alpha value is -4.61. The number of aryl methyl sites for hydroxylation is 1. The highest BCUT2D eigenvalue weighted by Crippen LogP contribution is 2.45. The highest BCUT2D eigenvalue weighted by atomic mass is 16.6. The lowest BCUT2D eigenvalue weighted by Crippen LogP contribution is -2.50. The van der Waals surface area contributed by atoms with Gasteiger partial charge in [-0.05, 0) is 50.8 Å². The molecule has 42 heavy (non-hydrogen) atoms. The highest BCUT2D eigenvalue weighted by Gasteiger charge is 2.61. The van der Waals surface area contributed by atoms with E-state index in [1.165, 1.54) is 4.90 Å². The molecule has 1 aliphatic carbocycles. The van der Waals surface area contributed by atoms with Crippen molar-refractivity contribution < 1.29 is 33.7 Å². The zero-order valence-electron chi connectivity index (χ0n) is 23.9. The van der Waals surface area contributed by atoms with Gasteiger partial charge in [-0.3, -0.25) is 4.79 Å². The van der Waals surface area contributed by atoms with Crippen LogP contribution in [0.15, 0.2) is 48.7 Å². The minimum atomic E-state index is -1.41. The van der Waals surface area contributed by atoms with Gasteiger partial charge in [-0.2, -0.15) is 5.10 Å². The van der Waals surface area contributed by atoms with Gasteiger partial charge in [0.25, 0.3) is 5.91 Å². The van der Waals surface area contributed by atoms with Gasteiger partial charge in [0, 0.05) is 49.6 Å². The Labute approximate surface area is 243 Å². The first kappa shape index (κ1) is 28.9. The van der Waals surface area contributed by atoms with Gasteiger partial charge >= 0.3 is 12.1 Å². The number of amides is 2. The SMILES string of the molecule is COc1ccc2c(OCC[C@@H]3OC(=O)N(C)CCCC/C=C\[C@@H]4C[C@@]4(C(=O)O)NC3=O)cc(-n3ccc(C)n3)nc2c1. The first-order valence-electron chi connectivity index (χ1n) is 14.0. The van der Waals surface area contributed by atoms with E-state index >= 15 is 0 Å². The van der Waals surface area contributed by atoms with Crippen LogP contribution in [-0.4, -0.2) is 81.7 Å². The number of nitrogens with one attached hydrogen (secondary N) is 1. The third-order valence-corrected chi connectivity index (χ3v) is 7.63. The second-order valence-corrected chi connectivity index (χ2v) is 10.7. The first-order chi connectivity index (χ1) is 20.2. The average Bonchev–Trinajstić information content (AvgIpc) is 3.50. The van der Waals surface area contributed by atoms with Crippen LogP contribution in [0.2, 0.25) is 0 Å². The maximum atomic E-state index is 13.4. The number of methoxy groups -OCH3 is 1. The van der Waals surface area contributed by atoms with Crippen molar-refractivity contribution in [2.24, 2.45) is 5.92 Å². The molecule has 222 valence electrons. The second-order valence-electron chi connectivity index (χ2n) is 10.7. The molecule has 0 unspecified atom stereocenters. The van der Waals surface area contributed by atoms with Gasteiger partial charge in [0.05, 0.1) is 24.9 Å². The molecule has 3 aromatic rings. The molecule has 12 heteroatoms. The topological polar surface area (TPSA) is 145 Å². The summed E-state index contributed by atoms with van der Waals surface area (Å²) in [7, 11) is 3.19. The predicted octanol–water partition coefficient (Wildman–Crippen LogP) is 3.64. The Balaban J connectivity index is 1.38. The number of nitrogens with zero attached hydrogens (tertiary/aromatic N) is 4. The zero-order chi connectivity index (χ0) is 29.9. The Morgan fingerprint density at radius 2 is 2.07 bits per heavy atom. The highest BCUT2D eigenvalue weighted by molar-refractivity contribution is 5.93. The van der Waals surface area contributed by atoms with Crippen LogP contribution >= 0.6 is 0 Å². The lowest BCUT2D eigenvalue weighted by atomic mass is 10.1. The van der Waals surface area contributed by atoms with Crippen molar-refractivity contribution in [3.05, 3.63) is 54.4 Å². The number of fused-ring (bicyclic) bond motifs is 2. The fraction of sp³-hybridized carbons (Fsp3) is 0.433. The fourth-order valence-corrected chi connectivity index (χ4v) is 5.03. The van der Waals surface area contributed by atoms with Crippen LogP contribution in [0.4, 0.5) is 4.79 Å². The first-order valence-corrected chi connectivity index (χ1v) is 14.0. The number of carboxylic acid groups (broad SMARTS) is 1. The molecule has 2 amide bonds. The number of allylic oxidation sites excluding steroid dienone is 1. The standard InChI is InChI=1S/C30H35N5O7/c1-19-11-14-35(33-19)26-17-25(22-10-9-21(40-3)16-23(22)31-26)41-15-12-24-27(36)32-30(28(37)38)18-20(30)8-6-4-5-7-13-34(2)29(39)42-24/h6,8-11,14,16-17,20,24H,4-5,7,12-13,15,18H2,1-3H3,(H,32,36)(H,37,38)/b8-6-/t20-,24+,30-/m1/s1. The molecule has 2 N–H and O–H groups in total. The molecule has 1 fully saturated rings. The van der Waals surface area contributed by atoms with Gasteiger partial charge in [-0.1, -0.05) is 12.2 Å². The molecule has 0 radical (unpaired) electrons. The zero-order valence-corrected chi connectivity index (χ0v) is 23.9. The molecule has 1 saturated carbocycles. The van der Waals surface area contributed by atoms with Crippen molar-refractivity contribution >= 4 is 28.9 Å². The number of rotatable bonds is 7. The number of carbonyl (C=O) groups is 3. The van der Waals surface area contributed by atoms with Gasteiger partial charge in [0.1, 0.15) is 17.0 Å². The van der Waals surface area contributed by atoms with Crippen molar-refractivity contribution in [2.75, 3.05) is 27.3 Å². The number of hydrogen-bond donors (Lipinski definition) is 2. The summed E-state index contributed by atoms with van der Waals surface area (Å²) in [6, 6.07) is 9.02. The Morgan fingerprint density at radius 3 is 2.81 bits per heavy atom. The summed E-state index contributed by atoms with van der Waals surface area (Å²) in [6.07, 6.45) is 6.33. The summed E-state index contributed by atoms with van der Waals surface area (Å²) in [5, 5.41) is 17.7. The Kier molecular flexibility index (Phi) is 8.32. The van der Waals surface area contributed by atoms with Gasteiger partial charge < -0.3 is 29.5 Å². The van der Waals surface area contributed by atoms with E-state index < -0.39 is 29.6 Å². The van der Waals surface area contributed by atoms with Gasteiger partial charge in [-0.15, -0.1) is 0 Å². The maximum Gasteiger partial charge on any atom is 0.410 e. The molecular formula is C30H35N5O7. The largest absolute Gasteiger partial charge is 0.497 e. The number of carbonyl (C=O) groups excluding carboxylic acids is 2. The normalized spacial score (nSPS) is 23.7. The fourth-order valence-electron chi connectivity index (χ4n) is 5.03. The van der Waals surface area contributed by atoms with Crippen LogP contribution in [0.3, 0.4) is 0 Å². The number of carboxylic acids is 1. The van der Waals surface area contributed by atoms with Crippen molar-refractivity contribution in [1.29, 1.82) is 0 Å². The summed E-state index contributed by atoms with van der Waals surface area (Å²) >= 11 is 0. The lowest BCUT2D eigenvalue weighted by molar-refractivity contribution is -0.145. The molecule has 12 nitrogen and oxygen atoms in total. The van der Waals surface area contributed by atoms with Crippen molar-refractivity contribution in [3.8, 4) is 17.3 Å². The molecule has 3 heterocycles. The van der Waals surface area contributed by atoms with Crippen molar-refractivity contribution in [1.82, 2.24) is 25.0 Å². The van der Waals surface area contributed by atoms with E-state index in [0.717, 1.165) is 25.0 Å². The molecular weight excluding hydrogens is 542 g/mol. The predicted molar refractivity (Wildman–Crippen MR) is 153 cm³/mol. The molecule has 1 aromatic carbocycles. The summed E-state index contributed by atoms with van der Waals surface area (Å²) < 4.78 is 18.8. The quantitative estimate of drug-likeness (QED) is 0.402. The van der Waals surface area contributed by atoms with Crippen molar-refractivity contribution in [3.63, 3.8) is 0 Å². The summed E-state index contributed by atoms with van der Waals surface area (Å²) in [5.41, 5.74) is 0.0332.